The molecule has 1 unspecified atom stereocenters. The molecule has 72 valence electrons. The van der Waals surface area contributed by atoms with Gasteiger partial charge in [0.1, 0.15) is 5.60 Å². The summed E-state index contributed by atoms with van der Waals surface area (Å²) in [7, 11) is 0. The highest BCUT2D eigenvalue weighted by Gasteiger charge is 2.29. The van der Waals surface area contributed by atoms with Gasteiger partial charge in [-0.3, -0.25) is 4.79 Å². The van der Waals surface area contributed by atoms with Gasteiger partial charge in [-0.1, -0.05) is 6.92 Å². The number of aryl methyl sites for hydroxylation is 1. The van der Waals surface area contributed by atoms with Gasteiger partial charge in [-0.05, 0) is 26.3 Å². The van der Waals surface area contributed by atoms with Crippen molar-refractivity contribution in [3.8, 4) is 0 Å². The maximum absolute atomic E-state index is 11.7. The molecule has 0 radical (unpaired) electrons. The third kappa shape index (κ3) is 2.17. The largest absolute Gasteiger partial charge is 0.382 e. The van der Waals surface area contributed by atoms with Crippen molar-refractivity contribution in [1.82, 2.24) is 0 Å². The molecule has 1 aromatic heterocycles. The Labute approximate surface area is 82.2 Å². The minimum absolute atomic E-state index is 0.181. The van der Waals surface area contributed by atoms with Gasteiger partial charge < -0.3 is 5.11 Å². The molecule has 0 amide bonds. The van der Waals surface area contributed by atoms with Crippen LogP contribution in [-0.4, -0.2) is 16.5 Å². The average Bonchev–Trinajstić information content (AvgIpc) is 2.50. The van der Waals surface area contributed by atoms with Gasteiger partial charge in [0.05, 0.1) is 0 Å². The Kier molecular flexibility index (Phi) is 2.88. The van der Waals surface area contributed by atoms with Crippen molar-refractivity contribution in [2.45, 2.75) is 32.8 Å². The molecule has 0 bridgehead atoms. The van der Waals surface area contributed by atoms with E-state index in [0.717, 1.165) is 4.88 Å². The maximum Gasteiger partial charge on any atom is 0.194 e. The van der Waals surface area contributed by atoms with Crippen molar-refractivity contribution in [3.63, 3.8) is 0 Å². The zero-order valence-corrected chi connectivity index (χ0v) is 8.94. The molecule has 1 rings (SSSR count). The van der Waals surface area contributed by atoms with Gasteiger partial charge >= 0.3 is 0 Å². The van der Waals surface area contributed by atoms with Crippen LogP contribution < -0.4 is 0 Å². The Bertz CT molecular complexity index is 312. The second-order valence-electron chi connectivity index (χ2n) is 3.40. The van der Waals surface area contributed by atoms with Crippen LogP contribution in [-0.2, 0) is 0 Å². The van der Waals surface area contributed by atoms with Crippen molar-refractivity contribution in [3.05, 3.63) is 21.9 Å². The fraction of sp³-hybridized carbons (Fsp3) is 0.500. The molecule has 0 fully saturated rings. The zero-order chi connectivity index (χ0) is 10.1. The number of thiophene rings is 1. The number of aliphatic hydroxyl groups is 1. The first-order valence-electron chi connectivity index (χ1n) is 4.29. The predicted octanol–water partition coefficient (Wildman–Crippen LogP) is 2.40. The van der Waals surface area contributed by atoms with E-state index < -0.39 is 5.60 Å². The summed E-state index contributed by atoms with van der Waals surface area (Å²) in [5, 5.41) is 11.5. The van der Waals surface area contributed by atoms with E-state index in [2.05, 4.69) is 0 Å². The van der Waals surface area contributed by atoms with Gasteiger partial charge in [-0.2, -0.15) is 0 Å². The lowest BCUT2D eigenvalue weighted by atomic mass is 9.94. The summed E-state index contributed by atoms with van der Waals surface area (Å²) in [6.07, 6.45) is 0.445. The summed E-state index contributed by atoms with van der Waals surface area (Å²) in [4.78, 5) is 12.8. The van der Waals surface area contributed by atoms with E-state index in [9.17, 15) is 9.90 Å². The Morgan fingerprint density at radius 1 is 1.69 bits per heavy atom. The van der Waals surface area contributed by atoms with Crippen molar-refractivity contribution < 1.29 is 9.90 Å². The van der Waals surface area contributed by atoms with Crippen molar-refractivity contribution in [1.29, 1.82) is 0 Å². The Morgan fingerprint density at radius 2 is 2.31 bits per heavy atom. The highest BCUT2D eigenvalue weighted by molar-refractivity contribution is 7.10. The van der Waals surface area contributed by atoms with Gasteiger partial charge in [-0.25, -0.2) is 0 Å². The molecule has 0 spiro atoms. The van der Waals surface area contributed by atoms with E-state index in [1.807, 2.05) is 13.0 Å². The smallest absolute Gasteiger partial charge is 0.194 e. The first-order chi connectivity index (χ1) is 5.97. The van der Waals surface area contributed by atoms with E-state index in [-0.39, 0.29) is 5.78 Å². The van der Waals surface area contributed by atoms with Crippen molar-refractivity contribution in [2.24, 2.45) is 0 Å². The van der Waals surface area contributed by atoms with Gasteiger partial charge in [-0.15, -0.1) is 11.3 Å². The molecule has 0 aromatic carbocycles. The minimum Gasteiger partial charge on any atom is -0.382 e. The number of carbonyl (C=O) groups excluding carboxylic acids is 1. The highest BCUT2D eigenvalue weighted by Crippen LogP contribution is 2.20. The number of Topliss-reactive ketones (excluding diaryl/α,β-unsaturated/α-hetero) is 1. The molecule has 1 atom stereocenters. The Balaban J connectivity index is 2.91. The van der Waals surface area contributed by atoms with E-state index in [4.69, 9.17) is 0 Å². The lowest BCUT2D eigenvalue weighted by Crippen LogP contribution is -2.33. The van der Waals surface area contributed by atoms with Gasteiger partial charge in [0, 0.05) is 15.8 Å². The van der Waals surface area contributed by atoms with Crippen molar-refractivity contribution >= 4 is 17.1 Å². The van der Waals surface area contributed by atoms with Crippen LogP contribution in [0, 0.1) is 6.92 Å². The normalized spacial score (nSPS) is 15.4. The third-order valence-corrected chi connectivity index (χ3v) is 3.03. The molecule has 0 aliphatic rings. The quantitative estimate of drug-likeness (QED) is 0.757. The number of hydrogen-bond donors (Lipinski definition) is 1. The second-order valence-corrected chi connectivity index (χ2v) is 4.52. The second kappa shape index (κ2) is 3.60. The Morgan fingerprint density at radius 3 is 2.69 bits per heavy atom. The standard InChI is InChI=1S/C10H14O2S/c1-4-10(3,12)9(11)8-5-7(2)13-6-8/h5-6,12H,4H2,1-3H3. The fourth-order valence-electron chi connectivity index (χ4n) is 1.03. The number of carbonyl (C=O) groups is 1. The van der Waals surface area contributed by atoms with Crippen LogP contribution in [0.3, 0.4) is 0 Å². The van der Waals surface area contributed by atoms with E-state index in [0.29, 0.717) is 12.0 Å². The van der Waals surface area contributed by atoms with Crippen LogP contribution in [0.15, 0.2) is 11.4 Å². The molecule has 1 aromatic rings. The first-order valence-corrected chi connectivity index (χ1v) is 5.17. The number of rotatable bonds is 3. The van der Waals surface area contributed by atoms with Crippen LogP contribution in [0.1, 0.15) is 35.5 Å². The number of hydrogen-bond acceptors (Lipinski definition) is 3. The molecule has 2 nitrogen and oxygen atoms in total. The highest BCUT2D eigenvalue weighted by atomic mass is 32.1. The lowest BCUT2D eigenvalue weighted by molar-refractivity contribution is 0.0391. The molecule has 0 aliphatic heterocycles. The van der Waals surface area contributed by atoms with Gasteiger partial charge in [0.15, 0.2) is 5.78 Å². The fourth-order valence-corrected chi connectivity index (χ4v) is 1.72. The summed E-state index contributed by atoms with van der Waals surface area (Å²) >= 11 is 1.53. The molecular weight excluding hydrogens is 184 g/mol. The zero-order valence-electron chi connectivity index (χ0n) is 8.13. The van der Waals surface area contributed by atoms with Crippen LogP contribution in [0.4, 0.5) is 0 Å². The monoisotopic (exact) mass is 198 g/mol. The maximum atomic E-state index is 11.7. The lowest BCUT2D eigenvalue weighted by Gasteiger charge is -2.18. The molecule has 0 aliphatic carbocycles. The average molecular weight is 198 g/mol. The molecule has 1 N–H and O–H groups in total. The third-order valence-electron chi connectivity index (χ3n) is 2.17. The molecule has 3 heteroatoms. The molecule has 1 heterocycles. The summed E-state index contributed by atoms with van der Waals surface area (Å²) in [5.74, 6) is -0.181. The van der Waals surface area contributed by atoms with Crippen LogP contribution in [0.2, 0.25) is 0 Å². The van der Waals surface area contributed by atoms with E-state index in [1.165, 1.54) is 11.3 Å². The SMILES string of the molecule is CCC(C)(O)C(=O)c1csc(C)c1. The molecule has 0 saturated carbocycles. The minimum atomic E-state index is -1.21. The molecule has 13 heavy (non-hydrogen) atoms. The van der Waals surface area contributed by atoms with Gasteiger partial charge in [0.25, 0.3) is 0 Å². The van der Waals surface area contributed by atoms with E-state index >= 15 is 0 Å². The van der Waals surface area contributed by atoms with Gasteiger partial charge in [0.2, 0.25) is 0 Å². The molecular formula is C10H14O2S. The first kappa shape index (κ1) is 10.4. The topological polar surface area (TPSA) is 37.3 Å². The van der Waals surface area contributed by atoms with Crippen LogP contribution >= 0.6 is 11.3 Å². The predicted molar refractivity (Wildman–Crippen MR) is 54.3 cm³/mol. The van der Waals surface area contributed by atoms with Crippen molar-refractivity contribution in [2.75, 3.05) is 0 Å². The van der Waals surface area contributed by atoms with Crippen LogP contribution in [0.5, 0.6) is 0 Å². The Hall–Kier alpha value is -0.670. The number of ketones is 1. The molecule has 0 saturated heterocycles. The summed E-state index contributed by atoms with van der Waals surface area (Å²) in [6.45, 7) is 5.31. The summed E-state index contributed by atoms with van der Waals surface area (Å²) < 4.78 is 0. The van der Waals surface area contributed by atoms with Crippen LogP contribution in [0.25, 0.3) is 0 Å². The van der Waals surface area contributed by atoms with E-state index in [1.54, 1.807) is 19.2 Å². The summed E-state index contributed by atoms with van der Waals surface area (Å²) in [5.41, 5.74) is -0.595. The summed E-state index contributed by atoms with van der Waals surface area (Å²) in [6, 6.07) is 1.82.